The zero-order valence-electron chi connectivity index (χ0n) is 7.68. The molecule has 2 heteroatoms. The van der Waals surface area contributed by atoms with E-state index in [0.29, 0.717) is 0 Å². The molecule has 0 aromatic heterocycles. The molecule has 1 radical (unpaired) electrons. The van der Waals surface area contributed by atoms with E-state index < -0.39 is 0 Å². The average Bonchev–Trinajstić information content (AvgIpc) is 1.87. The van der Waals surface area contributed by atoms with E-state index in [2.05, 4.69) is 19.2 Å². The molecule has 11 heavy (non-hydrogen) atoms. The van der Waals surface area contributed by atoms with Gasteiger partial charge >= 0.3 is 6.41 Å². The third kappa shape index (κ3) is 7.37. The molecule has 0 heterocycles. The third-order valence-corrected chi connectivity index (χ3v) is 1.72. The molecule has 0 rings (SSSR count). The van der Waals surface area contributed by atoms with Crippen LogP contribution in [-0.2, 0) is 4.79 Å². The molecule has 0 fully saturated rings. The summed E-state index contributed by atoms with van der Waals surface area (Å²) in [6.07, 6.45) is 5.20. The van der Waals surface area contributed by atoms with Gasteiger partial charge in [0.15, 0.2) is 0 Å². The van der Waals surface area contributed by atoms with Gasteiger partial charge in [-0.2, -0.15) is 0 Å². The second-order valence-corrected chi connectivity index (χ2v) is 3.47. The lowest BCUT2D eigenvalue weighted by Crippen LogP contribution is -2.23. The van der Waals surface area contributed by atoms with Crippen LogP contribution in [0.15, 0.2) is 0 Å². The number of hydrogen-bond donors (Lipinski definition) is 1. The van der Waals surface area contributed by atoms with Gasteiger partial charge in [-0.3, -0.25) is 4.79 Å². The summed E-state index contributed by atoms with van der Waals surface area (Å²) in [5.74, 6) is 0.766. The number of nitrogens with one attached hydrogen (secondary N) is 1. The van der Waals surface area contributed by atoms with Crippen LogP contribution in [0.25, 0.3) is 0 Å². The Morgan fingerprint density at radius 2 is 1.91 bits per heavy atom. The van der Waals surface area contributed by atoms with Gasteiger partial charge in [-0.25, -0.2) is 0 Å². The van der Waals surface area contributed by atoms with Crippen LogP contribution in [0.1, 0.15) is 40.0 Å². The SMILES string of the molecule is CC(C)CCCC(C)N[C]=O. The van der Waals surface area contributed by atoms with Gasteiger partial charge in [0.05, 0.1) is 0 Å². The van der Waals surface area contributed by atoms with E-state index in [1.54, 1.807) is 6.41 Å². The van der Waals surface area contributed by atoms with Crippen molar-refractivity contribution in [3.05, 3.63) is 0 Å². The lowest BCUT2D eigenvalue weighted by molar-refractivity contribution is 0.477. The first kappa shape index (κ1) is 10.5. The van der Waals surface area contributed by atoms with E-state index in [1.165, 1.54) is 12.8 Å². The molecule has 0 aromatic rings. The van der Waals surface area contributed by atoms with E-state index in [1.807, 2.05) is 6.92 Å². The Morgan fingerprint density at radius 3 is 2.36 bits per heavy atom. The lowest BCUT2D eigenvalue weighted by atomic mass is 10.0. The number of rotatable bonds is 6. The van der Waals surface area contributed by atoms with Crippen LogP contribution in [0, 0.1) is 5.92 Å². The lowest BCUT2D eigenvalue weighted by Gasteiger charge is -2.09. The number of carbonyl (C=O) groups excluding carboxylic acids is 1. The largest absolute Gasteiger partial charge is 0.345 e. The zero-order valence-corrected chi connectivity index (χ0v) is 7.68. The van der Waals surface area contributed by atoms with Gasteiger partial charge in [0.2, 0.25) is 0 Å². The van der Waals surface area contributed by atoms with Crippen molar-refractivity contribution in [2.75, 3.05) is 0 Å². The molecule has 0 spiro atoms. The van der Waals surface area contributed by atoms with Gasteiger partial charge in [0.25, 0.3) is 0 Å². The minimum absolute atomic E-state index is 0.284. The normalized spacial score (nSPS) is 13.1. The Hall–Kier alpha value is -0.530. The molecule has 1 unspecified atom stereocenters. The molecule has 2 nitrogen and oxygen atoms in total. The first-order valence-corrected chi connectivity index (χ1v) is 4.29. The fourth-order valence-corrected chi connectivity index (χ4v) is 1.01. The molecule has 1 N–H and O–H groups in total. The summed E-state index contributed by atoms with van der Waals surface area (Å²) < 4.78 is 0. The summed E-state index contributed by atoms with van der Waals surface area (Å²) >= 11 is 0. The smallest absolute Gasteiger partial charge is 0.309 e. The van der Waals surface area contributed by atoms with E-state index in [9.17, 15) is 4.79 Å². The van der Waals surface area contributed by atoms with Crippen molar-refractivity contribution < 1.29 is 4.79 Å². The van der Waals surface area contributed by atoms with E-state index in [0.717, 1.165) is 12.3 Å². The minimum atomic E-state index is 0.284. The van der Waals surface area contributed by atoms with Crippen LogP contribution < -0.4 is 5.32 Å². The predicted molar refractivity (Wildman–Crippen MR) is 47.0 cm³/mol. The van der Waals surface area contributed by atoms with Gasteiger partial charge < -0.3 is 5.32 Å². The van der Waals surface area contributed by atoms with Crippen LogP contribution >= 0.6 is 0 Å². The van der Waals surface area contributed by atoms with Crippen molar-refractivity contribution in [3.8, 4) is 0 Å². The molecule has 0 aromatic carbocycles. The Balaban J connectivity index is 3.16. The monoisotopic (exact) mass is 156 g/mol. The summed E-state index contributed by atoms with van der Waals surface area (Å²) in [6.45, 7) is 6.43. The Morgan fingerprint density at radius 1 is 1.27 bits per heavy atom. The van der Waals surface area contributed by atoms with E-state index in [4.69, 9.17) is 0 Å². The molecule has 0 aliphatic heterocycles. The first-order valence-electron chi connectivity index (χ1n) is 4.29. The molecular weight excluding hydrogens is 138 g/mol. The Kier molecular flexibility index (Phi) is 5.90. The quantitative estimate of drug-likeness (QED) is 0.584. The van der Waals surface area contributed by atoms with Crippen LogP contribution in [0.3, 0.4) is 0 Å². The van der Waals surface area contributed by atoms with Crippen molar-refractivity contribution in [2.24, 2.45) is 5.92 Å². The van der Waals surface area contributed by atoms with E-state index >= 15 is 0 Å². The second-order valence-electron chi connectivity index (χ2n) is 3.47. The molecular formula is C9H18NO. The second kappa shape index (κ2) is 6.20. The third-order valence-electron chi connectivity index (χ3n) is 1.72. The van der Waals surface area contributed by atoms with Gasteiger partial charge in [-0.15, -0.1) is 0 Å². The highest BCUT2D eigenvalue weighted by atomic mass is 16.1. The molecule has 1 atom stereocenters. The first-order chi connectivity index (χ1) is 5.16. The molecule has 0 aliphatic carbocycles. The summed E-state index contributed by atoms with van der Waals surface area (Å²) in [5.41, 5.74) is 0. The van der Waals surface area contributed by atoms with Gasteiger partial charge in [0, 0.05) is 6.04 Å². The van der Waals surface area contributed by atoms with Gasteiger partial charge in [0.1, 0.15) is 0 Å². The van der Waals surface area contributed by atoms with Crippen molar-refractivity contribution in [1.82, 2.24) is 5.32 Å². The summed E-state index contributed by atoms with van der Waals surface area (Å²) in [7, 11) is 0. The van der Waals surface area contributed by atoms with Crippen LogP contribution in [-0.4, -0.2) is 12.5 Å². The molecule has 0 bridgehead atoms. The maximum atomic E-state index is 9.88. The predicted octanol–water partition coefficient (Wildman–Crippen LogP) is 1.86. The molecule has 65 valence electrons. The Bertz CT molecular complexity index is 102. The van der Waals surface area contributed by atoms with E-state index in [-0.39, 0.29) is 6.04 Å². The van der Waals surface area contributed by atoms with Crippen molar-refractivity contribution in [3.63, 3.8) is 0 Å². The molecule has 0 saturated carbocycles. The molecule has 0 saturated heterocycles. The summed E-state index contributed by atoms with van der Waals surface area (Å²) in [5, 5.41) is 2.61. The van der Waals surface area contributed by atoms with Crippen LogP contribution in [0.5, 0.6) is 0 Å². The molecule has 1 amide bonds. The molecule has 0 aliphatic rings. The Labute approximate surface area is 69.4 Å². The standard InChI is InChI=1S/C9H18NO/c1-8(2)5-4-6-9(3)10-7-11/h8-9H,4-6H2,1-3H3,(H,10,11). The minimum Gasteiger partial charge on any atom is -0.345 e. The van der Waals surface area contributed by atoms with Gasteiger partial charge in [-0.05, 0) is 19.3 Å². The average molecular weight is 156 g/mol. The fraction of sp³-hybridized carbons (Fsp3) is 0.889. The highest BCUT2D eigenvalue weighted by Crippen LogP contribution is 2.07. The van der Waals surface area contributed by atoms with Crippen molar-refractivity contribution in [1.29, 1.82) is 0 Å². The summed E-state index contributed by atoms with van der Waals surface area (Å²) in [4.78, 5) is 9.88. The number of amides is 1. The maximum absolute atomic E-state index is 9.88. The number of hydrogen-bond acceptors (Lipinski definition) is 1. The van der Waals surface area contributed by atoms with Crippen molar-refractivity contribution >= 4 is 6.41 Å². The van der Waals surface area contributed by atoms with Crippen LogP contribution in [0.4, 0.5) is 0 Å². The topological polar surface area (TPSA) is 29.1 Å². The maximum Gasteiger partial charge on any atom is 0.309 e. The highest BCUT2D eigenvalue weighted by molar-refractivity contribution is 5.47. The summed E-state index contributed by atoms with van der Waals surface area (Å²) in [6, 6.07) is 0.284. The van der Waals surface area contributed by atoms with Crippen LogP contribution in [0.2, 0.25) is 0 Å². The highest BCUT2D eigenvalue weighted by Gasteiger charge is 2.00. The van der Waals surface area contributed by atoms with Crippen molar-refractivity contribution in [2.45, 2.75) is 46.1 Å². The fourth-order valence-electron chi connectivity index (χ4n) is 1.01. The van der Waals surface area contributed by atoms with Gasteiger partial charge in [-0.1, -0.05) is 26.7 Å². The zero-order chi connectivity index (χ0) is 8.69.